The van der Waals surface area contributed by atoms with Crippen LogP contribution in [0.3, 0.4) is 0 Å². The first-order valence-corrected chi connectivity index (χ1v) is 7.71. The smallest absolute Gasteiger partial charge is 0.171 e. The van der Waals surface area contributed by atoms with Crippen molar-refractivity contribution in [3.8, 4) is 6.07 Å². The molecule has 108 valence electrons. The van der Waals surface area contributed by atoms with Crippen LogP contribution in [0, 0.1) is 18.3 Å². The molecule has 0 aliphatic rings. The lowest BCUT2D eigenvalue weighted by molar-refractivity contribution is 0.877. The molecule has 0 atom stereocenters. The molecule has 2 aromatic rings. The average molecular weight is 345 g/mol. The lowest BCUT2D eigenvalue weighted by atomic mass is 10.0. The maximum Gasteiger partial charge on any atom is 0.171 e. The van der Waals surface area contributed by atoms with Crippen LogP contribution in [-0.2, 0) is 12.8 Å². The van der Waals surface area contributed by atoms with Gasteiger partial charge in [0, 0.05) is 10.2 Å². The number of hydrogen-bond acceptors (Lipinski definition) is 4. The monoisotopic (exact) mass is 344 g/mol. The number of rotatable bonds is 4. The Bertz CT molecular complexity index is 704. The summed E-state index contributed by atoms with van der Waals surface area (Å²) in [4.78, 5) is 0. The predicted octanol–water partition coefficient (Wildman–Crippen LogP) is 4.29. The molecule has 0 spiro atoms. The van der Waals surface area contributed by atoms with Crippen LogP contribution in [0.25, 0.3) is 0 Å². The van der Waals surface area contributed by atoms with Crippen LogP contribution >= 0.6 is 15.9 Å². The van der Waals surface area contributed by atoms with Gasteiger partial charge in [0.1, 0.15) is 11.6 Å². The molecule has 1 N–H and O–H groups in total. The van der Waals surface area contributed by atoms with E-state index in [1.54, 1.807) is 0 Å². The van der Waals surface area contributed by atoms with E-state index >= 15 is 0 Å². The highest BCUT2D eigenvalue weighted by Crippen LogP contribution is 2.26. The summed E-state index contributed by atoms with van der Waals surface area (Å²) in [6.45, 7) is 6.08. The number of aromatic nitrogens is 2. The van der Waals surface area contributed by atoms with Gasteiger partial charge in [-0.3, -0.25) is 0 Å². The number of nitrogens with one attached hydrogen (secondary N) is 1. The zero-order chi connectivity index (χ0) is 15.4. The fourth-order valence-electron chi connectivity index (χ4n) is 2.19. The third-order valence-electron chi connectivity index (χ3n) is 3.39. The van der Waals surface area contributed by atoms with Crippen molar-refractivity contribution in [2.75, 3.05) is 5.32 Å². The Morgan fingerprint density at radius 3 is 2.57 bits per heavy atom. The van der Waals surface area contributed by atoms with Crippen molar-refractivity contribution in [3.63, 3.8) is 0 Å². The van der Waals surface area contributed by atoms with Gasteiger partial charge in [-0.15, -0.1) is 5.10 Å². The summed E-state index contributed by atoms with van der Waals surface area (Å²) in [6, 6.07) is 8.20. The van der Waals surface area contributed by atoms with Gasteiger partial charge in [-0.2, -0.15) is 10.4 Å². The number of halogens is 1. The van der Waals surface area contributed by atoms with E-state index in [1.165, 1.54) is 0 Å². The molecule has 1 heterocycles. The number of nitrogens with zero attached hydrogens (tertiary/aromatic N) is 3. The van der Waals surface area contributed by atoms with Crippen molar-refractivity contribution in [1.29, 1.82) is 5.26 Å². The van der Waals surface area contributed by atoms with Crippen molar-refractivity contribution in [3.05, 3.63) is 45.1 Å². The van der Waals surface area contributed by atoms with Gasteiger partial charge in [-0.05, 0) is 43.0 Å². The van der Waals surface area contributed by atoms with Crippen molar-refractivity contribution < 1.29 is 0 Å². The number of hydrogen-bond donors (Lipinski definition) is 1. The number of benzene rings is 1. The highest BCUT2D eigenvalue weighted by Gasteiger charge is 2.14. The molecule has 4 nitrogen and oxygen atoms in total. The first-order valence-electron chi connectivity index (χ1n) is 6.92. The topological polar surface area (TPSA) is 61.6 Å². The first kappa shape index (κ1) is 15.5. The molecule has 0 radical (unpaired) electrons. The van der Waals surface area contributed by atoms with Gasteiger partial charge in [-0.25, -0.2) is 0 Å². The van der Waals surface area contributed by atoms with Crippen molar-refractivity contribution in [2.24, 2.45) is 0 Å². The van der Waals surface area contributed by atoms with E-state index in [2.05, 4.69) is 37.5 Å². The van der Waals surface area contributed by atoms with Crippen molar-refractivity contribution in [2.45, 2.75) is 33.6 Å². The normalized spacial score (nSPS) is 10.2. The van der Waals surface area contributed by atoms with Gasteiger partial charge in [-0.1, -0.05) is 35.8 Å². The molecule has 0 bridgehead atoms. The van der Waals surface area contributed by atoms with Crippen molar-refractivity contribution in [1.82, 2.24) is 10.2 Å². The highest BCUT2D eigenvalue weighted by atomic mass is 79.9. The number of anilines is 2. The minimum Gasteiger partial charge on any atom is -0.338 e. The van der Waals surface area contributed by atoms with Gasteiger partial charge < -0.3 is 5.32 Å². The fourth-order valence-corrected chi connectivity index (χ4v) is 2.57. The lowest BCUT2D eigenvalue weighted by Crippen LogP contribution is -2.07. The second kappa shape index (κ2) is 6.68. The Kier molecular flexibility index (Phi) is 4.92. The van der Waals surface area contributed by atoms with Crippen LogP contribution in [0.15, 0.2) is 22.7 Å². The van der Waals surface area contributed by atoms with Crippen LogP contribution in [0.4, 0.5) is 11.5 Å². The Labute approximate surface area is 133 Å². The van der Waals surface area contributed by atoms with Crippen LogP contribution in [0.1, 0.15) is 36.2 Å². The predicted molar refractivity (Wildman–Crippen MR) is 87.7 cm³/mol. The van der Waals surface area contributed by atoms with Crippen molar-refractivity contribution >= 4 is 27.4 Å². The Hall–Kier alpha value is -1.93. The summed E-state index contributed by atoms with van der Waals surface area (Å²) >= 11 is 3.50. The van der Waals surface area contributed by atoms with Gasteiger partial charge in [0.25, 0.3) is 0 Å². The van der Waals surface area contributed by atoms with Gasteiger partial charge in [0.05, 0.1) is 5.69 Å². The molecule has 0 unspecified atom stereocenters. The molecule has 1 aromatic carbocycles. The average Bonchev–Trinajstić information content (AvgIpc) is 2.50. The third kappa shape index (κ3) is 3.22. The van der Waals surface area contributed by atoms with E-state index in [4.69, 9.17) is 0 Å². The SMILES string of the molecule is CCc1nnc(Nc2ccc(C)c(Br)c2)c(C#N)c1CC. The minimum absolute atomic E-state index is 0.516. The van der Waals surface area contributed by atoms with Crippen LogP contribution in [0.5, 0.6) is 0 Å². The molecule has 0 amide bonds. The summed E-state index contributed by atoms with van der Waals surface area (Å²) < 4.78 is 1.01. The molecular weight excluding hydrogens is 328 g/mol. The number of aryl methyl sites for hydroxylation is 2. The summed E-state index contributed by atoms with van der Waals surface area (Å²) in [7, 11) is 0. The molecule has 0 saturated carbocycles. The number of nitriles is 1. The zero-order valence-corrected chi connectivity index (χ0v) is 14.0. The van der Waals surface area contributed by atoms with Gasteiger partial charge in [0.2, 0.25) is 0 Å². The second-order valence-corrected chi connectivity index (χ2v) is 5.61. The zero-order valence-electron chi connectivity index (χ0n) is 12.4. The first-order chi connectivity index (χ1) is 10.1. The molecule has 0 aliphatic heterocycles. The van der Waals surface area contributed by atoms with E-state index in [9.17, 15) is 5.26 Å². The van der Waals surface area contributed by atoms with Crippen LogP contribution in [0.2, 0.25) is 0 Å². The van der Waals surface area contributed by atoms with E-state index in [-0.39, 0.29) is 0 Å². The Morgan fingerprint density at radius 1 is 1.24 bits per heavy atom. The largest absolute Gasteiger partial charge is 0.338 e. The van der Waals surface area contributed by atoms with E-state index in [0.717, 1.165) is 39.8 Å². The van der Waals surface area contributed by atoms with Crippen LogP contribution in [-0.4, -0.2) is 10.2 Å². The van der Waals surface area contributed by atoms with E-state index in [0.29, 0.717) is 11.4 Å². The molecule has 0 saturated heterocycles. The minimum atomic E-state index is 0.516. The maximum atomic E-state index is 9.46. The highest BCUT2D eigenvalue weighted by molar-refractivity contribution is 9.10. The lowest BCUT2D eigenvalue weighted by Gasteiger charge is -2.12. The second-order valence-electron chi connectivity index (χ2n) is 4.76. The van der Waals surface area contributed by atoms with E-state index in [1.807, 2.05) is 39.0 Å². The fraction of sp³-hybridized carbons (Fsp3) is 0.312. The summed E-state index contributed by atoms with van der Waals surface area (Å²) in [5, 5.41) is 21.1. The molecule has 5 heteroatoms. The standard InChI is InChI=1S/C16H17BrN4/c1-4-12-13(9-18)16(21-20-15(12)5-2)19-11-7-6-10(3)14(17)8-11/h6-8H,4-5H2,1-3H3,(H,19,21). The molecular formula is C16H17BrN4. The van der Waals surface area contributed by atoms with Crippen LogP contribution < -0.4 is 5.32 Å². The van der Waals surface area contributed by atoms with Gasteiger partial charge >= 0.3 is 0 Å². The Morgan fingerprint density at radius 2 is 2.00 bits per heavy atom. The quantitative estimate of drug-likeness (QED) is 0.898. The van der Waals surface area contributed by atoms with E-state index < -0.39 is 0 Å². The molecule has 2 rings (SSSR count). The Balaban J connectivity index is 2.44. The summed E-state index contributed by atoms with van der Waals surface area (Å²) in [5.74, 6) is 0.516. The molecule has 0 aliphatic carbocycles. The summed E-state index contributed by atoms with van der Waals surface area (Å²) in [6.07, 6.45) is 1.55. The molecule has 21 heavy (non-hydrogen) atoms. The maximum absolute atomic E-state index is 9.46. The third-order valence-corrected chi connectivity index (χ3v) is 4.25. The molecule has 0 fully saturated rings. The van der Waals surface area contributed by atoms with Gasteiger partial charge in [0.15, 0.2) is 5.82 Å². The molecule has 1 aromatic heterocycles. The summed E-state index contributed by atoms with van der Waals surface area (Å²) in [5.41, 5.74) is 4.49.